The quantitative estimate of drug-likeness (QED) is 0.137. The Kier molecular flexibility index (Phi) is 7.24. The number of aromatic nitrogens is 2. The van der Waals surface area contributed by atoms with Gasteiger partial charge in [0.05, 0.1) is 11.4 Å². The molecule has 11 heteroatoms. The molecule has 0 bridgehead atoms. The number of hydrogen-bond donors (Lipinski definition) is 0. The fourth-order valence-electron chi connectivity index (χ4n) is 6.70. The highest BCUT2D eigenvalue weighted by molar-refractivity contribution is 6.19. The summed E-state index contributed by atoms with van der Waals surface area (Å²) < 4.78 is 12.5. The summed E-state index contributed by atoms with van der Waals surface area (Å²) in [7, 11) is 1.62. The minimum absolute atomic E-state index is 0.105. The summed E-state index contributed by atoms with van der Waals surface area (Å²) in [6, 6.07) is 20.1. The Morgan fingerprint density at radius 3 is 2.02 bits per heavy atom. The molecule has 0 aliphatic carbocycles. The van der Waals surface area contributed by atoms with Crippen molar-refractivity contribution in [2.75, 3.05) is 28.8 Å². The number of ether oxygens (including phenoxy) is 2. The average molecular weight is 637 g/mol. The number of halogens is 1. The van der Waals surface area contributed by atoms with Crippen LogP contribution >= 0.6 is 11.6 Å². The van der Waals surface area contributed by atoms with Crippen molar-refractivity contribution in [2.45, 2.75) is 26.2 Å². The van der Waals surface area contributed by atoms with Gasteiger partial charge in [0.15, 0.2) is 5.69 Å². The van der Waals surface area contributed by atoms with Gasteiger partial charge in [-0.3, -0.25) is 23.9 Å². The first kappa shape index (κ1) is 29.5. The zero-order valence-electron chi connectivity index (χ0n) is 25.4. The van der Waals surface area contributed by atoms with E-state index in [1.54, 1.807) is 29.0 Å². The van der Waals surface area contributed by atoms with Gasteiger partial charge in [-0.2, -0.15) is 5.10 Å². The zero-order chi connectivity index (χ0) is 32.3. The van der Waals surface area contributed by atoms with E-state index in [0.717, 1.165) is 32.7 Å². The van der Waals surface area contributed by atoms with Gasteiger partial charge in [-0.15, -0.1) is 11.6 Å². The molecule has 1 aromatic heterocycles. The fraction of sp³-hybridized carbons (Fsp3) is 0.229. The summed E-state index contributed by atoms with van der Waals surface area (Å²) in [4.78, 5) is 55.1. The van der Waals surface area contributed by atoms with Crippen molar-refractivity contribution in [1.82, 2.24) is 9.78 Å². The third-order valence-corrected chi connectivity index (χ3v) is 8.97. The van der Waals surface area contributed by atoms with Gasteiger partial charge in [0.25, 0.3) is 11.8 Å². The molecule has 1 atom stereocenters. The number of rotatable bonds is 5. The smallest absolute Gasteiger partial charge is 0.308 e. The molecule has 46 heavy (non-hydrogen) atoms. The van der Waals surface area contributed by atoms with Crippen LogP contribution in [0, 0.1) is 0 Å². The van der Waals surface area contributed by atoms with Crippen LogP contribution in [0.4, 0.5) is 11.4 Å². The minimum atomic E-state index is -0.471. The van der Waals surface area contributed by atoms with Crippen LogP contribution < -0.4 is 19.3 Å². The Balaban J connectivity index is 1.25. The molecule has 4 aromatic carbocycles. The molecular weight excluding hydrogens is 608 g/mol. The number of benzene rings is 4. The van der Waals surface area contributed by atoms with E-state index in [-0.39, 0.29) is 35.0 Å². The van der Waals surface area contributed by atoms with Crippen molar-refractivity contribution >= 4 is 68.3 Å². The van der Waals surface area contributed by atoms with Gasteiger partial charge in [0.1, 0.15) is 17.2 Å². The predicted octanol–water partition coefficient (Wildman–Crippen LogP) is 5.76. The fourth-order valence-corrected chi connectivity index (χ4v) is 6.96. The molecule has 0 N–H and O–H groups in total. The highest BCUT2D eigenvalue weighted by atomic mass is 35.5. The molecule has 5 aromatic rings. The SMILES string of the molecule is CC(=O)Oc1cc2c(c3ccccc13)CCN2C(=O)c1cc(C(=O)N2CC(CCl)c3c2cc(OC(C)=O)c2ccccc32)n(C)n1. The van der Waals surface area contributed by atoms with Crippen LogP contribution in [0.3, 0.4) is 0 Å². The molecule has 2 aliphatic heterocycles. The van der Waals surface area contributed by atoms with Gasteiger partial charge in [-0.1, -0.05) is 48.5 Å². The second-order valence-electron chi connectivity index (χ2n) is 11.5. The largest absolute Gasteiger partial charge is 0.426 e. The summed E-state index contributed by atoms with van der Waals surface area (Å²) in [5, 5.41) is 7.76. The van der Waals surface area contributed by atoms with Crippen molar-refractivity contribution in [1.29, 1.82) is 0 Å². The molecule has 3 heterocycles. The highest BCUT2D eigenvalue weighted by Crippen LogP contribution is 2.46. The van der Waals surface area contributed by atoms with Gasteiger partial charge in [0.2, 0.25) is 0 Å². The first-order valence-corrected chi connectivity index (χ1v) is 15.4. The number of carbonyl (C=O) groups excluding carboxylic acids is 4. The van der Waals surface area contributed by atoms with Crippen LogP contribution in [-0.4, -0.2) is 52.5 Å². The molecule has 2 aliphatic rings. The van der Waals surface area contributed by atoms with Crippen molar-refractivity contribution in [3.8, 4) is 11.5 Å². The van der Waals surface area contributed by atoms with Crippen LogP contribution in [0.25, 0.3) is 21.5 Å². The van der Waals surface area contributed by atoms with Crippen molar-refractivity contribution in [2.24, 2.45) is 7.05 Å². The Labute approximate surface area is 269 Å². The molecule has 0 saturated carbocycles. The minimum Gasteiger partial charge on any atom is -0.426 e. The maximum Gasteiger partial charge on any atom is 0.308 e. The van der Waals surface area contributed by atoms with Gasteiger partial charge < -0.3 is 19.3 Å². The number of aryl methyl sites for hydroxylation is 1. The first-order valence-electron chi connectivity index (χ1n) is 14.9. The number of esters is 2. The van der Waals surface area contributed by atoms with Gasteiger partial charge in [-0.25, -0.2) is 0 Å². The van der Waals surface area contributed by atoms with Crippen LogP contribution in [0.5, 0.6) is 11.5 Å². The van der Waals surface area contributed by atoms with E-state index in [4.69, 9.17) is 21.1 Å². The van der Waals surface area contributed by atoms with Crippen molar-refractivity contribution in [3.63, 3.8) is 0 Å². The van der Waals surface area contributed by atoms with Crippen LogP contribution in [-0.2, 0) is 23.1 Å². The molecular formula is C35H29ClN4O6. The third kappa shape index (κ3) is 4.76. The maximum absolute atomic E-state index is 14.2. The number of amides is 2. The summed E-state index contributed by atoms with van der Waals surface area (Å²) >= 11 is 6.42. The third-order valence-electron chi connectivity index (χ3n) is 8.60. The first-order chi connectivity index (χ1) is 22.2. The lowest BCUT2D eigenvalue weighted by molar-refractivity contribution is -0.132. The Morgan fingerprint density at radius 2 is 1.39 bits per heavy atom. The molecule has 0 saturated heterocycles. The van der Waals surface area contributed by atoms with Gasteiger partial charge >= 0.3 is 11.9 Å². The van der Waals surface area contributed by atoms with Crippen LogP contribution in [0.15, 0.2) is 66.7 Å². The number of hydrogen-bond acceptors (Lipinski definition) is 7. The van der Waals surface area contributed by atoms with Crippen LogP contribution in [0.1, 0.15) is 51.9 Å². The summed E-state index contributed by atoms with van der Waals surface area (Å²) in [5.74, 6) is -0.819. The number of nitrogens with zero attached hydrogens (tertiary/aromatic N) is 4. The lowest BCUT2D eigenvalue weighted by Gasteiger charge is -2.19. The molecule has 1 unspecified atom stereocenters. The number of alkyl halides is 1. The molecule has 0 radical (unpaired) electrons. The highest BCUT2D eigenvalue weighted by Gasteiger charge is 2.37. The lowest BCUT2D eigenvalue weighted by atomic mass is 9.95. The predicted molar refractivity (Wildman–Crippen MR) is 174 cm³/mol. The number of fused-ring (bicyclic) bond motifs is 6. The summed E-state index contributed by atoms with van der Waals surface area (Å²) in [5.41, 5.74) is 3.43. The topological polar surface area (TPSA) is 111 Å². The van der Waals surface area contributed by atoms with E-state index in [1.807, 2.05) is 48.5 Å². The van der Waals surface area contributed by atoms with Crippen molar-refractivity contribution < 1.29 is 28.7 Å². The summed E-state index contributed by atoms with van der Waals surface area (Å²) in [6.07, 6.45) is 0.615. The summed E-state index contributed by atoms with van der Waals surface area (Å²) in [6.45, 7) is 3.39. The zero-order valence-corrected chi connectivity index (χ0v) is 26.1. The van der Waals surface area contributed by atoms with E-state index in [1.165, 1.54) is 24.6 Å². The monoisotopic (exact) mass is 636 g/mol. The maximum atomic E-state index is 14.2. The van der Waals surface area contributed by atoms with E-state index >= 15 is 0 Å². The molecule has 0 fully saturated rings. The second kappa shape index (κ2) is 11.3. The van der Waals surface area contributed by atoms with E-state index in [0.29, 0.717) is 42.4 Å². The Morgan fingerprint density at radius 1 is 0.804 bits per heavy atom. The second-order valence-corrected chi connectivity index (χ2v) is 11.8. The van der Waals surface area contributed by atoms with E-state index < -0.39 is 11.9 Å². The van der Waals surface area contributed by atoms with Gasteiger partial charge in [-0.05, 0) is 28.3 Å². The molecule has 2 amide bonds. The van der Waals surface area contributed by atoms with Crippen molar-refractivity contribution in [3.05, 3.63) is 89.2 Å². The number of anilines is 2. The molecule has 10 nitrogen and oxygen atoms in total. The van der Waals surface area contributed by atoms with E-state index in [2.05, 4.69) is 5.10 Å². The van der Waals surface area contributed by atoms with Gasteiger partial charge in [0, 0.05) is 74.8 Å². The normalized spacial score (nSPS) is 15.3. The van der Waals surface area contributed by atoms with Crippen LogP contribution in [0.2, 0.25) is 0 Å². The Bertz CT molecular complexity index is 2120. The Hall–Kier alpha value is -5.22. The molecule has 0 spiro atoms. The molecule has 232 valence electrons. The standard InChI is InChI=1S/C35H29ClN4O6/c1-19(41)45-31-15-28-23(22-8-4-5-9-24(22)31)12-13-39(28)34(43)27-14-30(38(3)37-27)35(44)40-18-21(17-36)33-26-11-7-6-10-25(26)32(16-29(33)40)46-20(2)42/h4-11,14-16,21H,12-13,17-18H2,1-3H3. The average Bonchev–Trinajstić information content (AvgIpc) is 3.75. The molecule has 7 rings (SSSR count). The van der Waals surface area contributed by atoms with E-state index in [9.17, 15) is 19.2 Å². The lowest BCUT2D eigenvalue weighted by Crippen LogP contribution is -2.31. The number of carbonyl (C=O) groups is 4.